The number of nitrogens with one attached hydrogen (secondary N) is 4. The second-order valence-corrected chi connectivity index (χ2v) is 7.55. The molecule has 15 heteroatoms. The number of alkyl halides is 6. The highest BCUT2D eigenvalue weighted by atomic mass is 19.4. The van der Waals surface area contributed by atoms with Crippen molar-refractivity contribution >= 4 is 40.0 Å². The summed E-state index contributed by atoms with van der Waals surface area (Å²) in [5, 5.41) is 13.4. The van der Waals surface area contributed by atoms with Crippen molar-refractivity contribution in [1.29, 1.82) is 0 Å². The fraction of sp³-hybridized carbons (Fsp3) is 0.0909. The third-order valence-corrected chi connectivity index (χ3v) is 4.86. The molecule has 0 saturated heterocycles. The Balaban J connectivity index is 1.51. The van der Waals surface area contributed by atoms with E-state index in [4.69, 9.17) is 0 Å². The van der Waals surface area contributed by atoms with Gasteiger partial charge in [-0.3, -0.25) is 9.89 Å². The van der Waals surface area contributed by atoms with E-state index >= 15 is 0 Å². The van der Waals surface area contributed by atoms with E-state index in [1.54, 1.807) is 0 Å². The van der Waals surface area contributed by atoms with Gasteiger partial charge >= 0.3 is 18.4 Å². The van der Waals surface area contributed by atoms with Crippen LogP contribution in [-0.4, -0.2) is 27.1 Å². The highest BCUT2D eigenvalue weighted by Crippen LogP contribution is 2.37. The standard InChI is InChI=1S/C22H13F7N6O2/c23-17-2-1-13(7-16(17)19(36)32-15-3-10-8-31-35-18(10)30-9-15)33-20(37)34-14-5-11(21(24,25)26)4-12(6-14)22(27,28)29/h1-9H,(H,32,36)(H,30,31,35)(H2,33,34,37). The van der Waals surface area contributed by atoms with E-state index in [2.05, 4.69) is 25.8 Å². The number of fused-ring (bicyclic) bond motifs is 1. The Morgan fingerprint density at radius 3 is 2.05 bits per heavy atom. The van der Waals surface area contributed by atoms with Gasteiger partial charge in [0.1, 0.15) is 5.82 Å². The first-order chi connectivity index (χ1) is 17.3. The number of aromatic nitrogens is 3. The smallest absolute Gasteiger partial charge is 0.320 e. The lowest BCUT2D eigenvalue weighted by molar-refractivity contribution is -0.143. The molecule has 2 aromatic carbocycles. The van der Waals surface area contributed by atoms with Crippen molar-refractivity contribution < 1.29 is 40.3 Å². The summed E-state index contributed by atoms with van der Waals surface area (Å²) in [7, 11) is 0. The summed E-state index contributed by atoms with van der Waals surface area (Å²) in [6.07, 6.45) is -7.48. The van der Waals surface area contributed by atoms with Crippen molar-refractivity contribution in [3.8, 4) is 0 Å². The molecule has 0 bridgehead atoms. The lowest BCUT2D eigenvalue weighted by atomic mass is 10.1. The van der Waals surface area contributed by atoms with Gasteiger partial charge in [0.15, 0.2) is 5.65 Å². The molecule has 3 amide bonds. The summed E-state index contributed by atoms with van der Waals surface area (Å²) >= 11 is 0. The molecule has 0 aliphatic carbocycles. The molecule has 0 fully saturated rings. The molecule has 2 aromatic heterocycles. The third kappa shape index (κ3) is 5.94. The maximum Gasteiger partial charge on any atom is 0.416 e. The van der Waals surface area contributed by atoms with Crippen LogP contribution in [0.5, 0.6) is 0 Å². The molecule has 4 aromatic rings. The van der Waals surface area contributed by atoms with Gasteiger partial charge in [0.2, 0.25) is 0 Å². The summed E-state index contributed by atoms with van der Waals surface area (Å²) in [5.41, 5.74) is -4.06. The predicted octanol–water partition coefficient (Wildman–Crippen LogP) is 6.03. The number of hydrogen-bond acceptors (Lipinski definition) is 4. The van der Waals surface area contributed by atoms with E-state index in [-0.39, 0.29) is 17.4 Å². The average Bonchev–Trinajstić information content (AvgIpc) is 3.27. The molecule has 4 N–H and O–H groups in total. The van der Waals surface area contributed by atoms with Gasteiger partial charge in [-0.2, -0.15) is 31.4 Å². The van der Waals surface area contributed by atoms with Crippen LogP contribution in [0.3, 0.4) is 0 Å². The Hall–Kier alpha value is -4.69. The number of carbonyl (C=O) groups excluding carboxylic acids is 2. The Bertz CT molecular complexity index is 1460. The van der Waals surface area contributed by atoms with Gasteiger partial charge in [-0.15, -0.1) is 0 Å². The fourth-order valence-corrected chi connectivity index (χ4v) is 3.20. The minimum Gasteiger partial charge on any atom is -0.320 e. The van der Waals surface area contributed by atoms with Gasteiger partial charge in [-0.05, 0) is 42.5 Å². The van der Waals surface area contributed by atoms with Gasteiger partial charge < -0.3 is 16.0 Å². The molecule has 0 spiro atoms. The van der Waals surface area contributed by atoms with Crippen LogP contribution in [0.4, 0.5) is 52.6 Å². The van der Waals surface area contributed by atoms with Crippen molar-refractivity contribution in [1.82, 2.24) is 15.2 Å². The number of aromatic amines is 1. The molecule has 0 unspecified atom stereocenters. The van der Waals surface area contributed by atoms with Crippen molar-refractivity contribution in [3.05, 3.63) is 77.4 Å². The summed E-state index contributed by atoms with van der Waals surface area (Å²) in [6, 6.07) is 3.65. The Morgan fingerprint density at radius 1 is 0.757 bits per heavy atom. The van der Waals surface area contributed by atoms with E-state index < -0.39 is 52.5 Å². The first-order valence-electron chi connectivity index (χ1n) is 10.1. The topological polar surface area (TPSA) is 112 Å². The molecule has 0 saturated carbocycles. The van der Waals surface area contributed by atoms with Crippen LogP contribution in [0.15, 0.2) is 54.9 Å². The maximum atomic E-state index is 14.3. The number of urea groups is 1. The number of rotatable bonds is 4. The number of benzene rings is 2. The van der Waals surface area contributed by atoms with Gasteiger partial charge in [-0.1, -0.05) is 0 Å². The number of anilines is 3. The zero-order valence-corrected chi connectivity index (χ0v) is 18.1. The summed E-state index contributed by atoms with van der Waals surface area (Å²) < 4.78 is 92.4. The summed E-state index contributed by atoms with van der Waals surface area (Å²) in [6.45, 7) is 0. The van der Waals surface area contributed by atoms with E-state index in [0.29, 0.717) is 23.2 Å². The molecule has 192 valence electrons. The average molecular weight is 526 g/mol. The van der Waals surface area contributed by atoms with Crippen LogP contribution < -0.4 is 16.0 Å². The summed E-state index contributed by atoms with van der Waals surface area (Å²) in [4.78, 5) is 28.8. The van der Waals surface area contributed by atoms with E-state index in [1.165, 1.54) is 18.5 Å². The first kappa shape index (κ1) is 25.4. The van der Waals surface area contributed by atoms with Crippen LogP contribution >= 0.6 is 0 Å². The number of amides is 3. The van der Waals surface area contributed by atoms with Crippen LogP contribution in [-0.2, 0) is 12.4 Å². The molecular formula is C22H13F7N6O2. The number of carbonyl (C=O) groups is 2. The molecule has 0 aliphatic heterocycles. The van der Waals surface area contributed by atoms with E-state index in [0.717, 1.165) is 18.2 Å². The monoisotopic (exact) mass is 526 g/mol. The number of halogens is 7. The molecule has 0 atom stereocenters. The van der Waals surface area contributed by atoms with Crippen molar-refractivity contribution in [2.24, 2.45) is 0 Å². The number of pyridine rings is 1. The fourth-order valence-electron chi connectivity index (χ4n) is 3.20. The van der Waals surface area contributed by atoms with Gasteiger partial charge in [-0.25, -0.2) is 14.2 Å². The zero-order chi connectivity index (χ0) is 27.0. The lowest BCUT2D eigenvalue weighted by Crippen LogP contribution is -2.21. The van der Waals surface area contributed by atoms with Gasteiger partial charge in [0.05, 0.1) is 34.8 Å². The van der Waals surface area contributed by atoms with E-state index in [1.807, 2.05) is 5.32 Å². The van der Waals surface area contributed by atoms with Crippen LogP contribution in [0.25, 0.3) is 11.0 Å². The first-order valence-corrected chi connectivity index (χ1v) is 10.1. The van der Waals surface area contributed by atoms with Gasteiger partial charge in [0.25, 0.3) is 5.91 Å². The molecule has 2 heterocycles. The van der Waals surface area contributed by atoms with Crippen molar-refractivity contribution in [3.63, 3.8) is 0 Å². The van der Waals surface area contributed by atoms with Crippen LogP contribution in [0, 0.1) is 5.82 Å². The molecule has 8 nitrogen and oxygen atoms in total. The zero-order valence-electron chi connectivity index (χ0n) is 18.1. The Labute approximate surface area is 201 Å². The lowest BCUT2D eigenvalue weighted by Gasteiger charge is -2.15. The van der Waals surface area contributed by atoms with Crippen molar-refractivity contribution in [2.45, 2.75) is 12.4 Å². The molecule has 0 radical (unpaired) electrons. The summed E-state index contributed by atoms with van der Waals surface area (Å²) in [5.74, 6) is -1.88. The van der Waals surface area contributed by atoms with Crippen LogP contribution in [0.2, 0.25) is 0 Å². The number of nitrogens with zero attached hydrogens (tertiary/aromatic N) is 2. The van der Waals surface area contributed by atoms with Crippen LogP contribution in [0.1, 0.15) is 21.5 Å². The molecule has 37 heavy (non-hydrogen) atoms. The second kappa shape index (κ2) is 9.40. The Kier molecular flexibility index (Phi) is 6.46. The minimum atomic E-state index is -5.11. The predicted molar refractivity (Wildman–Crippen MR) is 117 cm³/mol. The maximum absolute atomic E-state index is 14.3. The van der Waals surface area contributed by atoms with Crippen molar-refractivity contribution in [2.75, 3.05) is 16.0 Å². The third-order valence-electron chi connectivity index (χ3n) is 4.86. The molecule has 4 rings (SSSR count). The second-order valence-electron chi connectivity index (χ2n) is 7.55. The Morgan fingerprint density at radius 2 is 1.41 bits per heavy atom. The molecule has 0 aliphatic rings. The molecular weight excluding hydrogens is 513 g/mol. The SMILES string of the molecule is O=C(Nc1cc(C(F)(F)F)cc(C(F)(F)F)c1)Nc1ccc(F)c(C(=O)Nc2cnc3[nH]ncc3c2)c1. The highest BCUT2D eigenvalue weighted by Gasteiger charge is 2.37. The highest BCUT2D eigenvalue weighted by molar-refractivity contribution is 6.06. The number of hydrogen-bond donors (Lipinski definition) is 4. The van der Waals surface area contributed by atoms with Gasteiger partial charge in [0, 0.05) is 16.8 Å². The van der Waals surface area contributed by atoms with E-state index in [9.17, 15) is 40.3 Å². The quantitative estimate of drug-likeness (QED) is 0.243. The number of H-pyrrole nitrogens is 1. The largest absolute Gasteiger partial charge is 0.416 e. The normalized spacial score (nSPS) is 11.9. The minimum absolute atomic E-state index is 0.0895.